The van der Waals surface area contributed by atoms with Crippen LogP contribution in [0.5, 0.6) is 5.88 Å². The SMILES string of the molecule is COc1ncc(C(=O)C2CC3CCC(C2)N3C)cc1C. The Hall–Kier alpha value is -1.42. The summed E-state index contributed by atoms with van der Waals surface area (Å²) in [4.78, 5) is 19.4. The zero-order valence-electron chi connectivity index (χ0n) is 12.4. The molecule has 3 heterocycles. The number of fused-ring (bicyclic) bond motifs is 2. The van der Waals surface area contributed by atoms with Gasteiger partial charge in [0.05, 0.1) is 7.11 Å². The lowest BCUT2D eigenvalue weighted by Crippen LogP contribution is -2.42. The van der Waals surface area contributed by atoms with Gasteiger partial charge < -0.3 is 9.64 Å². The number of hydrogen-bond donors (Lipinski definition) is 0. The third-order valence-corrected chi connectivity index (χ3v) is 4.98. The van der Waals surface area contributed by atoms with Crippen LogP contribution in [0.3, 0.4) is 0 Å². The Morgan fingerprint density at radius 1 is 1.35 bits per heavy atom. The van der Waals surface area contributed by atoms with Crippen molar-refractivity contribution in [3.05, 3.63) is 23.4 Å². The fourth-order valence-corrected chi connectivity index (χ4v) is 3.77. The maximum absolute atomic E-state index is 12.7. The predicted octanol–water partition coefficient (Wildman–Crippen LogP) is 2.45. The minimum absolute atomic E-state index is 0.165. The normalized spacial score (nSPS) is 29.4. The molecule has 0 radical (unpaired) electrons. The van der Waals surface area contributed by atoms with Crippen LogP contribution in [0.4, 0.5) is 0 Å². The van der Waals surface area contributed by atoms with E-state index in [0.717, 1.165) is 24.0 Å². The summed E-state index contributed by atoms with van der Waals surface area (Å²) in [5, 5.41) is 0. The van der Waals surface area contributed by atoms with Gasteiger partial charge in [0.25, 0.3) is 0 Å². The number of carbonyl (C=O) groups is 1. The molecule has 4 heteroatoms. The predicted molar refractivity (Wildman–Crippen MR) is 77.2 cm³/mol. The van der Waals surface area contributed by atoms with E-state index in [4.69, 9.17) is 4.74 Å². The highest BCUT2D eigenvalue weighted by molar-refractivity contribution is 5.98. The maximum atomic E-state index is 12.7. The first kappa shape index (κ1) is 13.6. The molecule has 0 spiro atoms. The van der Waals surface area contributed by atoms with Crippen LogP contribution in [0.25, 0.3) is 0 Å². The van der Waals surface area contributed by atoms with E-state index in [1.807, 2.05) is 13.0 Å². The number of aryl methyl sites for hydroxylation is 1. The molecule has 2 saturated heterocycles. The number of ketones is 1. The number of hydrogen-bond acceptors (Lipinski definition) is 4. The lowest BCUT2D eigenvalue weighted by Gasteiger charge is -2.35. The number of ether oxygens (including phenoxy) is 1. The molecule has 2 bridgehead atoms. The van der Waals surface area contributed by atoms with E-state index in [2.05, 4.69) is 16.9 Å². The van der Waals surface area contributed by atoms with Crippen LogP contribution in [0.1, 0.15) is 41.6 Å². The average molecular weight is 274 g/mol. The second kappa shape index (κ2) is 5.17. The molecule has 2 atom stereocenters. The molecule has 2 aliphatic rings. The molecule has 2 unspecified atom stereocenters. The van der Waals surface area contributed by atoms with Gasteiger partial charge in [-0.05, 0) is 45.7 Å². The summed E-state index contributed by atoms with van der Waals surface area (Å²) >= 11 is 0. The number of rotatable bonds is 3. The van der Waals surface area contributed by atoms with Crippen LogP contribution in [0.15, 0.2) is 12.3 Å². The average Bonchev–Trinajstić information content (AvgIpc) is 2.67. The highest BCUT2D eigenvalue weighted by atomic mass is 16.5. The molecule has 2 fully saturated rings. The highest BCUT2D eigenvalue weighted by Gasteiger charge is 2.41. The van der Waals surface area contributed by atoms with E-state index in [1.54, 1.807) is 13.3 Å². The maximum Gasteiger partial charge on any atom is 0.215 e. The van der Waals surface area contributed by atoms with Crippen molar-refractivity contribution in [2.75, 3.05) is 14.2 Å². The molecule has 2 aliphatic heterocycles. The van der Waals surface area contributed by atoms with Crippen LogP contribution in [0, 0.1) is 12.8 Å². The molecule has 4 nitrogen and oxygen atoms in total. The van der Waals surface area contributed by atoms with Crippen LogP contribution in [0.2, 0.25) is 0 Å². The van der Waals surface area contributed by atoms with Crippen molar-refractivity contribution >= 4 is 5.78 Å². The lowest BCUT2D eigenvalue weighted by molar-refractivity contribution is 0.0766. The fourth-order valence-electron chi connectivity index (χ4n) is 3.77. The number of aromatic nitrogens is 1. The third-order valence-electron chi connectivity index (χ3n) is 4.98. The van der Waals surface area contributed by atoms with Gasteiger partial charge in [-0.1, -0.05) is 0 Å². The molecule has 108 valence electrons. The van der Waals surface area contributed by atoms with Gasteiger partial charge in [0, 0.05) is 35.3 Å². The number of nitrogens with zero attached hydrogens (tertiary/aromatic N) is 2. The third kappa shape index (κ3) is 2.22. The van der Waals surface area contributed by atoms with Gasteiger partial charge in [0.1, 0.15) is 0 Å². The topological polar surface area (TPSA) is 42.4 Å². The largest absolute Gasteiger partial charge is 0.481 e. The summed E-state index contributed by atoms with van der Waals surface area (Å²) in [6.45, 7) is 1.93. The van der Waals surface area contributed by atoms with Crippen molar-refractivity contribution in [3.8, 4) is 5.88 Å². The van der Waals surface area contributed by atoms with Crippen LogP contribution in [-0.2, 0) is 0 Å². The second-order valence-corrected chi connectivity index (χ2v) is 6.13. The van der Waals surface area contributed by atoms with E-state index >= 15 is 0 Å². The van der Waals surface area contributed by atoms with E-state index < -0.39 is 0 Å². The summed E-state index contributed by atoms with van der Waals surface area (Å²) in [6, 6.07) is 3.10. The minimum atomic E-state index is 0.165. The molecule has 0 aliphatic carbocycles. The molecule has 0 saturated carbocycles. The number of methoxy groups -OCH3 is 1. The van der Waals surface area contributed by atoms with Crippen molar-refractivity contribution in [1.82, 2.24) is 9.88 Å². The first-order chi connectivity index (χ1) is 9.60. The molecule has 1 aromatic rings. The molecule has 1 aromatic heterocycles. The van der Waals surface area contributed by atoms with Crippen LogP contribution in [-0.4, -0.2) is 41.9 Å². The Balaban J connectivity index is 1.78. The second-order valence-electron chi connectivity index (χ2n) is 6.13. The number of piperidine rings is 1. The summed E-state index contributed by atoms with van der Waals surface area (Å²) in [6.07, 6.45) is 6.14. The van der Waals surface area contributed by atoms with E-state index in [0.29, 0.717) is 18.0 Å². The van der Waals surface area contributed by atoms with Crippen molar-refractivity contribution in [3.63, 3.8) is 0 Å². The smallest absolute Gasteiger partial charge is 0.215 e. The van der Waals surface area contributed by atoms with E-state index in [9.17, 15) is 4.79 Å². The Morgan fingerprint density at radius 2 is 2.00 bits per heavy atom. The van der Waals surface area contributed by atoms with E-state index in [1.165, 1.54) is 12.8 Å². The van der Waals surface area contributed by atoms with Crippen molar-refractivity contribution in [1.29, 1.82) is 0 Å². The molecule has 0 amide bonds. The Morgan fingerprint density at radius 3 is 2.55 bits per heavy atom. The highest BCUT2D eigenvalue weighted by Crippen LogP contribution is 2.38. The van der Waals surface area contributed by atoms with Gasteiger partial charge in [0.15, 0.2) is 5.78 Å². The van der Waals surface area contributed by atoms with Crippen LogP contribution < -0.4 is 4.74 Å². The zero-order valence-corrected chi connectivity index (χ0v) is 12.4. The number of carbonyl (C=O) groups excluding carboxylic acids is 1. The fraction of sp³-hybridized carbons (Fsp3) is 0.625. The van der Waals surface area contributed by atoms with Gasteiger partial charge in [0.2, 0.25) is 5.88 Å². The quantitative estimate of drug-likeness (QED) is 0.794. The minimum Gasteiger partial charge on any atom is -0.481 e. The monoisotopic (exact) mass is 274 g/mol. The molecular formula is C16H22N2O2. The Kier molecular flexibility index (Phi) is 3.50. The first-order valence-electron chi connectivity index (χ1n) is 7.37. The molecular weight excluding hydrogens is 252 g/mol. The van der Waals surface area contributed by atoms with Gasteiger partial charge in [-0.3, -0.25) is 4.79 Å². The summed E-state index contributed by atoms with van der Waals surface area (Å²) in [7, 11) is 3.80. The molecule has 3 rings (SSSR count). The number of Topliss-reactive ketones (excluding diaryl/α,β-unsaturated/α-hetero) is 1. The Labute approximate surface area is 120 Å². The van der Waals surface area contributed by atoms with Gasteiger partial charge in [-0.15, -0.1) is 0 Å². The molecule has 0 N–H and O–H groups in total. The lowest BCUT2D eigenvalue weighted by atomic mass is 9.85. The van der Waals surface area contributed by atoms with Crippen molar-refractivity contribution in [2.45, 2.75) is 44.7 Å². The zero-order chi connectivity index (χ0) is 14.3. The first-order valence-corrected chi connectivity index (χ1v) is 7.37. The number of pyridine rings is 1. The van der Waals surface area contributed by atoms with Gasteiger partial charge >= 0.3 is 0 Å². The van der Waals surface area contributed by atoms with Gasteiger partial charge in [-0.25, -0.2) is 4.98 Å². The van der Waals surface area contributed by atoms with Crippen LogP contribution >= 0.6 is 0 Å². The Bertz CT molecular complexity index is 515. The summed E-state index contributed by atoms with van der Waals surface area (Å²) < 4.78 is 5.15. The van der Waals surface area contributed by atoms with Gasteiger partial charge in [-0.2, -0.15) is 0 Å². The van der Waals surface area contributed by atoms with Crippen molar-refractivity contribution in [2.24, 2.45) is 5.92 Å². The molecule has 20 heavy (non-hydrogen) atoms. The summed E-state index contributed by atoms with van der Waals surface area (Å²) in [5.41, 5.74) is 1.66. The van der Waals surface area contributed by atoms with Crippen molar-refractivity contribution < 1.29 is 9.53 Å². The standard InChI is InChI=1S/C16H22N2O2/c1-10-6-12(9-17-16(10)20-3)15(19)11-7-13-4-5-14(8-11)18(13)2/h6,9,11,13-14H,4-5,7-8H2,1-3H3. The molecule has 0 aromatic carbocycles. The summed E-state index contributed by atoms with van der Waals surface area (Å²) in [5.74, 6) is 1.02. The van der Waals surface area contributed by atoms with E-state index in [-0.39, 0.29) is 11.7 Å².